The summed E-state index contributed by atoms with van der Waals surface area (Å²) in [5.74, 6) is 0.113. The first-order valence-electron chi connectivity index (χ1n) is 5.86. The Morgan fingerprint density at radius 2 is 1.74 bits per heavy atom. The highest BCUT2D eigenvalue weighted by Gasteiger charge is 2.04. The van der Waals surface area contributed by atoms with Crippen molar-refractivity contribution in [1.82, 2.24) is 0 Å². The van der Waals surface area contributed by atoms with Gasteiger partial charge in [-0.2, -0.15) is 0 Å². The molecular formula is C15H14O3S. The number of rotatable bonds is 4. The Kier molecular flexibility index (Phi) is 4.24. The topological polar surface area (TPSA) is 54.4 Å². The van der Waals surface area contributed by atoms with Gasteiger partial charge in [-0.3, -0.25) is 4.79 Å². The number of Topliss-reactive ketones (excluding diaryl/α,β-unsaturated/α-hetero) is 1. The van der Waals surface area contributed by atoms with Gasteiger partial charge in [-0.05, 0) is 35.7 Å². The van der Waals surface area contributed by atoms with Gasteiger partial charge in [0.05, 0.1) is 4.90 Å². The Bertz CT molecular complexity index is 635. The molecule has 0 aliphatic carbocycles. The first-order chi connectivity index (χ1) is 9.06. The highest BCUT2D eigenvalue weighted by molar-refractivity contribution is 7.79. The molecule has 0 aromatic heterocycles. The number of carbonyl (C=O) groups excluding carboxylic acids is 1. The first-order valence-corrected chi connectivity index (χ1v) is 6.96. The fourth-order valence-electron chi connectivity index (χ4n) is 1.93. The van der Waals surface area contributed by atoms with E-state index in [0.29, 0.717) is 11.3 Å². The molecule has 0 bridgehead atoms. The van der Waals surface area contributed by atoms with Crippen LogP contribution in [0, 0.1) is 0 Å². The van der Waals surface area contributed by atoms with E-state index in [1.165, 1.54) is 0 Å². The van der Waals surface area contributed by atoms with Gasteiger partial charge in [0.1, 0.15) is 5.78 Å². The minimum absolute atomic E-state index is 0.113. The van der Waals surface area contributed by atoms with Crippen LogP contribution >= 0.6 is 0 Å². The van der Waals surface area contributed by atoms with Crippen LogP contribution in [-0.4, -0.2) is 14.5 Å². The number of ketones is 1. The maximum absolute atomic E-state index is 11.1. The molecule has 1 unspecified atom stereocenters. The van der Waals surface area contributed by atoms with E-state index in [4.69, 9.17) is 4.55 Å². The zero-order valence-corrected chi connectivity index (χ0v) is 11.3. The Hall–Kier alpha value is -1.78. The highest BCUT2D eigenvalue weighted by atomic mass is 32.2. The van der Waals surface area contributed by atoms with E-state index in [9.17, 15) is 9.00 Å². The van der Waals surface area contributed by atoms with E-state index >= 15 is 0 Å². The van der Waals surface area contributed by atoms with Gasteiger partial charge in [-0.25, -0.2) is 4.21 Å². The van der Waals surface area contributed by atoms with Crippen molar-refractivity contribution in [2.75, 3.05) is 0 Å². The molecule has 3 nitrogen and oxygen atoms in total. The van der Waals surface area contributed by atoms with Crippen molar-refractivity contribution in [2.45, 2.75) is 18.2 Å². The van der Waals surface area contributed by atoms with Gasteiger partial charge in [-0.15, -0.1) is 0 Å². The van der Waals surface area contributed by atoms with Gasteiger partial charge < -0.3 is 4.55 Å². The molecule has 98 valence electrons. The lowest BCUT2D eigenvalue weighted by molar-refractivity contribution is -0.116. The number of carbonyl (C=O) groups is 1. The SMILES string of the molecule is CC(=O)Cc1cccc(-c2cccc(S(=O)O)c2)c1. The quantitative estimate of drug-likeness (QED) is 0.872. The second-order valence-corrected chi connectivity index (χ2v) is 5.33. The summed E-state index contributed by atoms with van der Waals surface area (Å²) in [5, 5.41) is 0. The lowest BCUT2D eigenvalue weighted by Crippen LogP contribution is -1.96. The van der Waals surface area contributed by atoms with Crippen molar-refractivity contribution < 1.29 is 13.6 Å². The van der Waals surface area contributed by atoms with E-state index in [0.717, 1.165) is 16.7 Å². The third-order valence-corrected chi connectivity index (χ3v) is 3.41. The summed E-state index contributed by atoms with van der Waals surface area (Å²) in [4.78, 5) is 11.5. The summed E-state index contributed by atoms with van der Waals surface area (Å²) >= 11 is -1.98. The van der Waals surface area contributed by atoms with E-state index in [-0.39, 0.29) is 5.78 Å². The molecular weight excluding hydrogens is 260 g/mol. The average molecular weight is 274 g/mol. The van der Waals surface area contributed by atoms with Crippen LogP contribution in [0.1, 0.15) is 12.5 Å². The molecule has 0 spiro atoms. The summed E-state index contributed by atoms with van der Waals surface area (Å²) in [5.41, 5.74) is 2.75. The van der Waals surface area contributed by atoms with Crippen molar-refractivity contribution >= 4 is 16.9 Å². The van der Waals surface area contributed by atoms with Crippen molar-refractivity contribution in [3.8, 4) is 11.1 Å². The lowest BCUT2D eigenvalue weighted by atomic mass is 10.0. The zero-order valence-electron chi connectivity index (χ0n) is 10.5. The molecule has 0 radical (unpaired) electrons. The van der Waals surface area contributed by atoms with Crippen LogP contribution in [-0.2, 0) is 22.3 Å². The minimum Gasteiger partial charge on any atom is -0.302 e. The Labute approximate surface area is 114 Å². The van der Waals surface area contributed by atoms with E-state index in [1.54, 1.807) is 25.1 Å². The molecule has 1 N–H and O–H groups in total. The molecule has 0 aliphatic heterocycles. The van der Waals surface area contributed by atoms with Crippen LogP contribution in [0.15, 0.2) is 53.4 Å². The summed E-state index contributed by atoms with van der Waals surface area (Å²) in [7, 11) is 0. The molecule has 19 heavy (non-hydrogen) atoms. The molecule has 1 atom stereocenters. The normalized spacial score (nSPS) is 12.1. The summed E-state index contributed by atoms with van der Waals surface area (Å²) < 4.78 is 20.2. The number of benzene rings is 2. The molecule has 0 aliphatic rings. The van der Waals surface area contributed by atoms with Crippen LogP contribution in [0.2, 0.25) is 0 Å². The first kappa shape index (κ1) is 13.6. The molecule has 0 saturated heterocycles. The van der Waals surface area contributed by atoms with Crippen LogP contribution in [0.25, 0.3) is 11.1 Å². The fraction of sp³-hybridized carbons (Fsp3) is 0.133. The Morgan fingerprint density at radius 1 is 1.11 bits per heavy atom. The number of hydrogen-bond donors (Lipinski definition) is 1. The zero-order chi connectivity index (χ0) is 13.8. The predicted molar refractivity (Wildman–Crippen MR) is 75.3 cm³/mol. The summed E-state index contributed by atoms with van der Waals surface area (Å²) in [6.07, 6.45) is 0.402. The predicted octanol–water partition coefficient (Wildman–Crippen LogP) is 3.07. The van der Waals surface area contributed by atoms with Crippen LogP contribution < -0.4 is 0 Å². The minimum atomic E-state index is -1.98. The van der Waals surface area contributed by atoms with Crippen molar-refractivity contribution in [3.63, 3.8) is 0 Å². The molecule has 0 amide bonds. The largest absolute Gasteiger partial charge is 0.302 e. The third-order valence-electron chi connectivity index (χ3n) is 2.75. The lowest BCUT2D eigenvalue weighted by Gasteiger charge is -2.05. The van der Waals surface area contributed by atoms with Gasteiger partial charge in [0.2, 0.25) is 0 Å². The second-order valence-electron chi connectivity index (χ2n) is 4.36. The van der Waals surface area contributed by atoms with Crippen molar-refractivity contribution in [3.05, 3.63) is 54.1 Å². The van der Waals surface area contributed by atoms with Gasteiger partial charge in [-0.1, -0.05) is 36.4 Å². The average Bonchev–Trinajstić information content (AvgIpc) is 2.38. The third kappa shape index (κ3) is 3.59. The molecule has 2 aromatic carbocycles. The Balaban J connectivity index is 2.38. The van der Waals surface area contributed by atoms with Gasteiger partial charge >= 0.3 is 0 Å². The number of hydrogen-bond acceptors (Lipinski definition) is 2. The monoisotopic (exact) mass is 274 g/mol. The standard InChI is InChI=1S/C15H14O3S/c1-11(16)8-12-4-2-5-13(9-12)14-6-3-7-15(10-14)19(17)18/h2-7,9-10H,8H2,1H3,(H,17,18). The molecule has 4 heteroatoms. The highest BCUT2D eigenvalue weighted by Crippen LogP contribution is 2.22. The van der Waals surface area contributed by atoms with Crippen LogP contribution in [0.5, 0.6) is 0 Å². The molecule has 0 heterocycles. The smallest absolute Gasteiger partial charge is 0.186 e. The molecule has 2 aromatic rings. The van der Waals surface area contributed by atoms with Gasteiger partial charge in [0, 0.05) is 6.42 Å². The van der Waals surface area contributed by atoms with Crippen molar-refractivity contribution in [2.24, 2.45) is 0 Å². The van der Waals surface area contributed by atoms with E-state index < -0.39 is 11.1 Å². The van der Waals surface area contributed by atoms with Crippen molar-refractivity contribution in [1.29, 1.82) is 0 Å². The maximum atomic E-state index is 11.1. The summed E-state index contributed by atoms with van der Waals surface area (Å²) in [6, 6.07) is 14.6. The van der Waals surface area contributed by atoms with E-state index in [2.05, 4.69) is 0 Å². The fourth-order valence-corrected chi connectivity index (χ4v) is 2.36. The molecule has 0 fully saturated rings. The molecule has 2 rings (SSSR count). The van der Waals surface area contributed by atoms with Crippen LogP contribution in [0.4, 0.5) is 0 Å². The van der Waals surface area contributed by atoms with Gasteiger partial charge in [0.15, 0.2) is 11.1 Å². The summed E-state index contributed by atoms with van der Waals surface area (Å²) in [6.45, 7) is 1.56. The molecule has 0 saturated carbocycles. The Morgan fingerprint density at radius 3 is 2.37 bits per heavy atom. The van der Waals surface area contributed by atoms with Gasteiger partial charge in [0.25, 0.3) is 0 Å². The maximum Gasteiger partial charge on any atom is 0.186 e. The second kappa shape index (κ2) is 5.91. The van der Waals surface area contributed by atoms with E-state index in [1.807, 2.05) is 30.3 Å². The van der Waals surface area contributed by atoms with Crippen LogP contribution in [0.3, 0.4) is 0 Å².